The Morgan fingerprint density at radius 2 is 1.94 bits per heavy atom. The van der Waals surface area contributed by atoms with Crippen LogP contribution in [-0.2, 0) is 15.1 Å². The van der Waals surface area contributed by atoms with Crippen LogP contribution in [0.2, 0.25) is 0 Å². The molecule has 2 aliphatic rings. The zero-order valence-corrected chi connectivity index (χ0v) is 19.5. The van der Waals surface area contributed by atoms with E-state index in [2.05, 4.69) is 11.4 Å². The number of amides is 4. The molecule has 7 nitrogen and oxygen atoms in total. The van der Waals surface area contributed by atoms with Gasteiger partial charge in [0.15, 0.2) is 0 Å². The summed E-state index contributed by atoms with van der Waals surface area (Å²) in [5.74, 6) is -0.442. The number of hydrogen-bond acceptors (Lipinski definition) is 5. The highest BCUT2D eigenvalue weighted by Crippen LogP contribution is 2.33. The number of imide groups is 1. The first-order valence-electron chi connectivity index (χ1n) is 11.2. The van der Waals surface area contributed by atoms with Gasteiger partial charge in [0.25, 0.3) is 5.91 Å². The molecule has 5 rings (SSSR count). The Bertz CT molecular complexity index is 1200. The summed E-state index contributed by atoms with van der Waals surface area (Å²) in [4.78, 5) is 46.6. The molecule has 0 saturated carbocycles. The Morgan fingerprint density at radius 3 is 2.70 bits per heavy atom. The van der Waals surface area contributed by atoms with Crippen LogP contribution in [0.3, 0.4) is 0 Å². The van der Waals surface area contributed by atoms with E-state index in [4.69, 9.17) is 4.98 Å². The van der Waals surface area contributed by atoms with Gasteiger partial charge in [-0.05, 0) is 44.4 Å². The number of urea groups is 1. The molecule has 0 spiro atoms. The summed E-state index contributed by atoms with van der Waals surface area (Å²) in [6, 6.07) is 15.0. The molecule has 2 fully saturated rings. The van der Waals surface area contributed by atoms with Crippen LogP contribution in [0.15, 0.2) is 48.5 Å². The number of thiazole rings is 1. The molecule has 1 N–H and O–H groups in total. The minimum Gasteiger partial charge on any atom is -0.340 e. The van der Waals surface area contributed by atoms with Crippen molar-refractivity contribution in [3.8, 4) is 0 Å². The van der Waals surface area contributed by atoms with E-state index in [0.717, 1.165) is 38.5 Å². The van der Waals surface area contributed by atoms with Crippen LogP contribution in [0, 0.1) is 6.92 Å². The van der Waals surface area contributed by atoms with Crippen LogP contribution in [0.1, 0.15) is 41.8 Å². The number of piperidine rings is 1. The number of likely N-dealkylation sites (tertiary alicyclic amines) is 1. The average molecular weight is 463 g/mol. The molecule has 2 saturated heterocycles. The smallest absolute Gasteiger partial charge is 0.325 e. The zero-order chi connectivity index (χ0) is 23.2. The van der Waals surface area contributed by atoms with Gasteiger partial charge in [0, 0.05) is 19.0 Å². The lowest BCUT2D eigenvalue weighted by atomic mass is 9.91. The van der Waals surface area contributed by atoms with Crippen LogP contribution in [0.25, 0.3) is 10.2 Å². The molecule has 33 heavy (non-hydrogen) atoms. The van der Waals surface area contributed by atoms with Crippen molar-refractivity contribution < 1.29 is 14.4 Å². The zero-order valence-electron chi connectivity index (χ0n) is 18.7. The second kappa shape index (κ2) is 8.26. The molecule has 0 unspecified atom stereocenters. The predicted molar refractivity (Wildman–Crippen MR) is 127 cm³/mol. The summed E-state index contributed by atoms with van der Waals surface area (Å²) in [5.41, 5.74) is 1.58. The molecule has 3 aromatic rings. The standard InChI is InChI=1S/C25H26N4O3S/c1-16-9-11-18(12-10-16)25(2)23(31)29(24(32)27-25)15-21(30)28-13-5-6-17(14-28)22-26-19-7-3-4-8-20(19)33-22/h3-4,7-12,17H,5-6,13-15H2,1-2H3,(H,27,32)/t17-,25+/m1/s1. The molecule has 3 heterocycles. The lowest BCUT2D eigenvalue weighted by Gasteiger charge is -2.32. The molecular formula is C25H26N4O3S. The maximum atomic E-state index is 13.2. The molecule has 4 amide bonds. The number of carbonyl (C=O) groups excluding carboxylic acids is 3. The number of rotatable bonds is 4. The van der Waals surface area contributed by atoms with Crippen molar-refractivity contribution in [1.29, 1.82) is 0 Å². The van der Waals surface area contributed by atoms with E-state index in [9.17, 15) is 14.4 Å². The summed E-state index contributed by atoms with van der Waals surface area (Å²) < 4.78 is 1.14. The third-order valence-electron chi connectivity index (χ3n) is 6.63. The second-order valence-corrected chi connectivity index (χ2v) is 10.1. The summed E-state index contributed by atoms with van der Waals surface area (Å²) in [5, 5.41) is 3.82. The maximum absolute atomic E-state index is 13.2. The van der Waals surface area contributed by atoms with E-state index in [1.54, 1.807) is 23.2 Å². The first-order chi connectivity index (χ1) is 15.8. The number of fused-ring (bicyclic) bond motifs is 1. The molecule has 8 heteroatoms. The summed E-state index contributed by atoms with van der Waals surface area (Å²) >= 11 is 1.67. The lowest BCUT2D eigenvalue weighted by Crippen LogP contribution is -2.47. The average Bonchev–Trinajstić information content (AvgIpc) is 3.35. The quantitative estimate of drug-likeness (QED) is 0.598. The van der Waals surface area contributed by atoms with E-state index in [1.807, 2.05) is 49.4 Å². The Labute approximate surface area is 196 Å². The van der Waals surface area contributed by atoms with E-state index in [-0.39, 0.29) is 18.4 Å². The Morgan fingerprint density at radius 1 is 1.18 bits per heavy atom. The third-order valence-corrected chi connectivity index (χ3v) is 7.83. The Kier molecular flexibility index (Phi) is 5.40. The second-order valence-electron chi connectivity index (χ2n) is 9.01. The number of carbonyl (C=O) groups is 3. The minimum absolute atomic E-state index is 0.168. The van der Waals surface area contributed by atoms with Crippen LogP contribution in [-0.4, -0.2) is 52.3 Å². The van der Waals surface area contributed by atoms with E-state index < -0.39 is 17.5 Å². The van der Waals surface area contributed by atoms with Crippen molar-refractivity contribution in [1.82, 2.24) is 20.1 Å². The highest BCUT2D eigenvalue weighted by Gasteiger charge is 2.49. The van der Waals surface area contributed by atoms with Crippen molar-refractivity contribution in [2.75, 3.05) is 19.6 Å². The van der Waals surface area contributed by atoms with Crippen molar-refractivity contribution >= 4 is 39.4 Å². The van der Waals surface area contributed by atoms with Gasteiger partial charge in [-0.2, -0.15) is 0 Å². The summed E-state index contributed by atoms with van der Waals surface area (Å²) in [6.07, 6.45) is 1.84. The van der Waals surface area contributed by atoms with Gasteiger partial charge in [-0.1, -0.05) is 42.0 Å². The highest BCUT2D eigenvalue weighted by molar-refractivity contribution is 7.18. The molecular weight excluding hydrogens is 436 g/mol. The van der Waals surface area contributed by atoms with Gasteiger partial charge >= 0.3 is 6.03 Å². The van der Waals surface area contributed by atoms with E-state index in [1.165, 1.54) is 0 Å². The van der Waals surface area contributed by atoms with Crippen LogP contribution >= 0.6 is 11.3 Å². The molecule has 2 aliphatic heterocycles. The molecule has 170 valence electrons. The molecule has 0 bridgehead atoms. The number of aromatic nitrogens is 1. The van der Waals surface area contributed by atoms with Gasteiger partial charge in [-0.3, -0.25) is 14.5 Å². The van der Waals surface area contributed by atoms with Gasteiger partial charge < -0.3 is 10.2 Å². The fourth-order valence-corrected chi connectivity index (χ4v) is 5.72. The molecule has 2 aromatic carbocycles. The maximum Gasteiger partial charge on any atom is 0.325 e. The van der Waals surface area contributed by atoms with Gasteiger partial charge in [0.1, 0.15) is 12.1 Å². The van der Waals surface area contributed by atoms with Gasteiger partial charge in [-0.15, -0.1) is 11.3 Å². The molecule has 0 radical (unpaired) electrons. The fourth-order valence-electron chi connectivity index (χ4n) is 4.63. The first-order valence-corrected chi connectivity index (χ1v) is 12.0. The number of benzene rings is 2. The SMILES string of the molecule is Cc1ccc([C@]2(C)NC(=O)N(CC(=O)N3CCC[C@@H](c4nc5ccccc5s4)C3)C2=O)cc1. The molecule has 1 aromatic heterocycles. The molecule has 0 aliphatic carbocycles. The Hall–Kier alpha value is -3.26. The third kappa shape index (κ3) is 3.88. The van der Waals surface area contributed by atoms with Crippen molar-refractivity contribution in [3.63, 3.8) is 0 Å². The number of para-hydroxylation sites is 1. The number of hydrogen-bond donors (Lipinski definition) is 1. The Balaban J connectivity index is 1.29. The van der Waals surface area contributed by atoms with Crippen LogP contribution in [0.5, 0.6) is 0 Å². The van der Waals surface area contributed by atoms with Crippen molar-refractivity contribution in [2.45, 2.75) is 38.1 Å². The van der Waals surface area contributed by atoms with E-state index >= 15 is 0 Å². The minimum atomic E-state index is -1.17. The van der Waals surface area contributed by atoms with Crippen LogP contribution in [0.4, 0.5) is 4.79 Å². The predicted octanol–water partition coefficient (Wildman–Crippen LogP) is 3.78. The van der Waals surface area contributed by atoms with Gasteiger partial charge in [0.05, 0.1) is 15.2 Å². The van der Waals surface area contributed by atoms with Crippen molar-refractivity contribution in [3.05, 3.63) is 64.7 Å². The lowest BCUT2D eigenvalue weighted by molar-refractivity contribution is -0.139. The van der Waals surface area contributed by atoms with Gasteiger partial charge in [-0.25, -0.2) is 9.78 Å². The molecule has 2 atom stereocenters. The summed E-state index contributed by atoms with van der Waals surface area (Å²) in [6.45, 7) is 4.58. The highest BCUT2D eigenvalue weighted by atomic mass is 32.1. The monoisotopic (exact) mass is 462 g/mol. The first kappa shape index (κ1) is 21.6. The van der Waals surface area contributed by atoms with E-state index in [0.29, 0.717) is 18.7 Å². The fraction of sp³-hybridized carbons (Fsp3) is 0.360. The van der Waals surface area contributed by atoms with Gasteiger partial charge in [0.2, 0.25) is 5.91 Å². The number of nitrogens with zero attached hydrogens (tertiary/aromatic N) is 3. The van der Waals surface area contributed by atoms with Crippen molar-refractivity contribution in [2.24, 2.45) is 0 Å². The number of aryl methyl sites for hydroxylation is 1. The largest absolute Gasteiger partial charge is 0.340 e. The van der Waals surface area contributed by atoms with Crippen LogP contribution < -0.4 is 5.32 Å². The number of nitrogens with one attached hydrogen (secondary N) is 1. The normalized spacial score (nSPS) is 23.3. The topological polar surface area (TPSA) is 82.6 Å². The summed E-state index contributed by atoms with van der Waals surface area (Å²) in [7, 11) is 0.